The number of rotatable bonds is 12. The highest BCUT2D eigenvalue weighted by Gasteiger charge is 2.26. The molecular weight excluding hydrogens is 458 g/mol. The minimum atomic E-state index is -0.688. The van der Waals surface area contributed by atoms with Crippen molar-refractivity contribution in [1.29, 1.82) is 0 Å². The van der Waals surface area contributed by atoms with Crippen molar-refractivity contribution in [2.24, 2.45) is 0 Å². The van der Waals surface area contributed by atoms with Gasteiger partial charge in [0.25, 0.3) is 5.56 Å². The molecule has 0 saturated carbocycles. The first kappa shape index (κ1) is 26.9. The van der Waals surface area contributed by atoms with Crippen LogP contribution in [0.1, 0.15) is 31.4 Å². The Labute approximate surface area is 211 Å². The first-order chi connectivity index (χ1) is 17.3. The van der Waals surface area contributed by atoms with Gasteiger partial charge in [0.2, 0.25) is 5.91 Å². The zero-order chi connectivity index (χ0) is 26.1. The highest BCUT2D eigenvalue weighted by Crippen LogP contribution is 2.19. The number of nitrogens with zero attached hydrogens (tertiary/aromatic N) is 3. The molecule has 0 unspecified atom stereocenters. The van der Waals surface area contributed by atoms with Crippen molar-refractivity contribution in [3.8, 4) is 0 Å². The number of hydrogen-bond donors (Lipinski definition) is 2. The van der Waals surface area contributed by atoms with E-state index in [2.05, 4.69) is 4.98 Å². The molecular formula is C27H35N5O4. The van der Waals surface area contributed by atoms with Crippen molar-refractivity contribution in [3.63, 3.8) is 0 Å². The molecule has 1 aromatic heterocycles. The highest BCUT2D eigenvalue weighted by atomic mass is 16.5. The van der Waals surface area contributed by atoms with E-state index in [9.17, 15) is 14.4 Å². The first-order valence-corrected chi connectivity index (χ1v) is 12.1. The molecule has 0 atom stereocenters. The number of nitrogen functional groups attached to an aromatic ring is 1. The molecule has 192 valence electrons. The third-order valence-corrected chi connectivity index (χ3v) is 6.00. The molecule has 3 aromatic rings. The van der Waals surface area contributed by atoms with Gasteiger partial charge in [-0.15, -0.1) is 0 Å². The van der Waals surface area contributed by atoms with Gasteiger partial charge >= 0.3 is 5.69 Å². The number of carbonyl (C=O) groups excluding carboxylic acids is 1. The van der Waals surface area contributed by atoms with Crippen LogP contribution in [-0.2, 0) is 22.6 Å². The summed E-state index contributed by atoms with van der Waals surface area (Å²) in [6.07, 6.45) is 0.499. The van der Waals surface area contributed by atoms with Gasteiger partial charge in [0.1, 0.15) is 5.82 Å². The summed E-state index contributed by atoms with van der Waals surface area (Å²) < 4.78 is 6.45. The molecule has 0 fully saturated rings. The quantitative estimate of drug-likeness (QED) is 0.375. The number of methoxy groups -OCH3 is 1. The van der Waals surface area contributed by atoms with Gasteiger partial charge in [0, 0.05) is 32.8 Å². The fourth-order valence-electron chi connectivity index (χ4n) is 3.99. The van der Waals surface area contributed by atoms with Crippen LogP contribution in [0.15, 0.2) is 70.3 Å². The first-order valence-electron chi connectivity index (χ1n) is 12.1. The van der Waals surface area contributed by atoms with Gasteiger partial charge in [-0.25, -0.2) is 4.79 Å². The number of amides is 1. The van der Waals surface area contributed by atoms with Crippen LogP contribution in [0.25, 0.3) is 0 Å². The Balaban J connectivity index is 1.96. The van der Waals surface area contributed by atoms with Crippen molar-refractivity contribution >= 4 is 17.4 Å². The SMILES string of the molecule is COCCCN(C(=O)CN(Cc1ccccc1)C(C)C)c1c(N)n(Cc2ccccc2)c(=O)[nH]c1=O. The zero-order valence-electron chi connectivity index (χ0n) is 21.1. The summed E-state index contributed by atoms with van der Waals surface area (Å²) >= 11 is 0. The molecule has 3 N–H and O–H groups in total. The number of aromatic nitrogens is 2. The van der Waals surface area contributed by atoms with Gasteiger partial charge in [-0.05, 0) is 31.4 Å². The fraction of sp³-hybridized carbons (Fsp3) is 0.370. The molecule has 2 aromatic carbocycles. The lowest BCUT2D eigenvalue weighted by Gasteiger charge is -2.30. The summed E-state index contributed by atoms with van der Waals surface area (Å²) in [5.74, 6) is -0.324. The molecule has 9 heteroatoms. The van der Waals surface area contributed by atoms with Gasteiger partial charge in [0.15, 0.2) is 5.69 Å². The number of nitrogens with one attached hydrogen (secondary N) is 1. The second-order valence-electron chi connectivity index (χ2n) is 8.94. The van der Waals surface area contributed by atoms with E-state index in [-0.39, 0.29) is 43.1 Å². The van der Waals surface area contributed by atoms with Gasteiger partial charge in [-0.3, -0.25) is 24.0 Å². The standard InChI is InChI=1S/C27H35N5O4/c1-20(2)30(17-21-11-6-4-7-12-21)19-23(33)31(15-10-16-36-3)24-25(28)32(27(35)29-26(24)34)18-22-13-8-5-9-14-22/h4-9,11-14,20H,10,15-19,28H2,1-3H3,(H,29,34,35). The molecule has 0 aliphatic carbocycles. The maximum atomic E-state index is 13.6. The predicted octanol–water partition coefficient (Wildman–Crippen LogP) is 2.45. The smallest absolute Gasteiger partial charge is 0.330 e. The topological polar surface area (TPSA) is 114 Å². The van der Waals surface area contributed by atoms with E-state index in [1.54, 1.807) is 7.11 Å². The Hall–Kier alpha value is -3.69. The zero-order valence-corrected chi connectivity index (χ0v) is 21.1. The fourth-order valence-corrected chi connectivity index (χ4v) is 3.99. The molecule has 3 rings (SSSR count). The summed E-state index contributed by atoms with van der Waals surface area (Å²) in [7, 11) is 1.58. The molecule has 1 amide bonds. The van der Waals surface area contributed by atoms with Crippen molar-refractivity contribution in [2.75, 3.05) is 37.4 Å². The van der Waals surface area contributed by atoms with Crippen molar-refractivity contribution < 1.29 is 9.53 Å². The second kappa shape index (κ2) is 12.9. The van der Waals surface area contributed by atoms with E-state index in [0.29, 0.717) is 19.6 Å². The third kappa shape index (κ3) is 6.93. The van der Waals surface area contributed by atoms with Crippen LogP contribution in [0, 0.1) is 0 Å². The molecule has 0 saturated heterocycles. The normalized spacial score (nSPS) is 11.2. The van der Waals surface area contributed by atoms with Crippen LogP contribution in [0.5, 0.6) is 0 Å². The molecule has 1 heterocycles. The second-order valence-corrected chi connectivity index (χ2v) is 8.94. The van der Waals surface area contributed by atoms with Gasteiger partial charge < -0.3 is 15.4 Å². The molecule has 9 nitrogen and oxygen atoms in total. The third-order valence-electron chi connectivity index (χ3n) is 6.00. The van der Waals surface area contributed by atoms with Crippen molar-refractivity contribution in [1.82, 2.24) is 14.5 Å². The maximum Gasteiger partial charge on any atom is 0.330 e. The van der Waals surface area contributed by atoms with Crippen LogP contribution in [0.3, 0.4) is 0 Å². The molecule has 0 aliphatic heterocycles. The average molecular weight is 494 g/mol. The summed E-state index contributed by atoms with van der Waals surface area (Å²) in [6.45, 7) is 5.50. The molecule has 0 bridgehead atoms. The van der Waals surface area contributed by atoms with E-state index in [4.69, 9.17) is 10.5 Å². The monoisotopic (exact) mass is 493 g/mol. The molecule has 0 aliphatic rings. The number of hydrogen-bond acceptors (Lipinski definition) is 6. The average Bonchev–Trinajstić information content (AvgIpc) is 2.86. The number of nitrogens with two attached hydrogens (primary N) is 1. The number of aromatic amines is 1. The molecule has 0 radical (unpaired) electrons. The summed E-state index contributed by atoms with van der Waals surface area (Å²) in [6, 6.07) is 19.3. The van der Waals surface area contributed by atoms with E-state index < -0.39 is 11.2 Å². The van der Waals surface area contributed by atoms with Crippen LogP contribution in [0.4, 0.5) is 11.5 Å². The van der Waals surface area contributed by atoms with Gasteiger partial charge in [-0.1, -0.05) is 60.7 Å². The van der Waals surface area contributed by atoms with Crippen molar-refractivity contribution in [2.45, 2.75) is 39.4 Å². The minimum absolute atomic E-state index is 0.0185. The lowest BCUT2D eigenvalue weighted by Crippen LogP contribution is -2.47. The highest BCUT2D eigenvalue weighted by molar-refractivity contribution is 5.96. The number of H-pyrrole nitrogens is 1. The number of carbonyl (C=O) groups is 1. The Morgan fingerprint density at radius 2 is 1.64 bits per heavy atom. The van der Waals surface area contributed by atoms with Crippen molar-refractivity contribution in [3.05, 3.63) is 92.6 Å². The van der Waals surface area contributed by atoms with Crippen LogP contribution >= 0.6 is 0 Å². The van der Waals surface area contributed by atoms with E-state index >= 15 is 0 Å². The number of ether oxygens (including phenoxy) is 1. The van der Waals surface area contributed by atoms with Gasteiger partial charge in [-0.2, -0.15) is 0 Å². The summed E-state index contributed by atoms with van der Waals surface area (Å²) in [4.78, 5) is 45.0. The van der Waals surface area contributed by atoms with Crippen LogP contribution in [-0.4, -0.2) is 53.2 Å². The van der Waals surface area contributed by atoms with Gasteiger partial charge in [0.05, 0.1) is 13.1 Å². The number of benzene rings is 2. The van der Waals surface area contributed by atoms with E-state index in [1.165, 1.54) is 9.47 Å². The molecule has 0 spiro atoms. The predicted molar refractivity (Wildman–Crippen MR) is 142 cm³/mol. The Morgan fingerprint density at radius 3 is 2.22 bits per heavy atom. The largest absolute Gasteiger partial charge is 0.385 e. The Bertz CT molecular complexity index is 1240. The number of anilines is 2. The molecule has 36 heavy (non-hydrogen) atoms. The summed E-state index contributed by atoms with van der Waals surface area (Å²) in [5.41, 5.74) is 6.99. The Kier molecular flexibility index (Phi) is 9.61. The Morgan fingerprint density at radius 1 is 1.03 bits per heavy atom. The minimum Gasteiger partial charge on any atom is -0.385 e. The van der Waals surface area contributed by atoms with Crippen LogP contribution < -0.4 is 21.9 Å². The van der Waals surface area contributed by atoms with E-state index in [1.807, 2.05) is 79.4 Å². The summed E-state index contributed by atoms with van der Waals surface area (Å²) in [5, 5.41) is 0. The lowest BCUT2D eigenvalue weighted by atomic mass is 10.2. The lowest BCUT2D eigenvalue weighted by molar-refractivity contribution is -0.120. The maximum absolute atomic E-state index is 13.6. The van der Waals surface area contributed by atoms with E-state index in [0.717, 1.165) is 11.1 Å². The van der Waals surface area contributed by atoms with Crippen LogP contribution in [0.2, 0.25) is 0 Å².